The van der Waals surface area contributed by atoms with Crippen LogP contribution in [-0.2, 0) is 0 Å². The van der Waals surface area contributed by atoms with Crippen LogP contribution in [0.5, 0.6) is 0 Å². The number of amides is 2. The van der Waals surface area contributed by atoms with Crippen molar-refractivity contribution in [2.75, 3.05) is 5.32 Å². The predicted molar refractivity (Wildman–Crippen MR) is 103 cm³/mol. The highest BCUT2D eigenvalue weighted by atomic mass is 32.1. The van der Waals surface area contributed by atoms with Crippen molar-refractivity contribution in [3.05, 3.63) is 77.4 Å². The average Bonchev–Trinajstić information content (AvgIpc) is 3.06. The quantitative estimate of drug-likeness (QED) is 0.671. The van der Waals surface area contributed by atoms with Gasteiger partial charge in [0.15, 0.2) is 5.78 Å². The maximum atomic E-state index is 12.5. The Morgan fingerprint density at radius 1 is 0.923 bits per heavy atom. The van der Waals surface area contributed by atoms with Crippen molar-refractivity contribution in [3.63, 3.8) is 0 Å². The van der Waals surface area contributed by atoms with Crippen LogP contribution in [0.4, 0.5) is 5.00 Å². The van der Waals surface area contributed by atoms with Crippen LogP contribution in [0.15, 0.2) is 60.7 Å². The predicted octanol–water partition coefficient (Wildman–Crippen LogP) is 3.97. The zero-order chi connectivity index (χ0) is 18.7. The smallest absolute Gasteiger partial charge is 0.256 e. The molecule has 2 amide bonds. The third kappa shape index (κ3) is 3.70. The normalized spacial score (nSPS) is 10.3. The number of hydrogen-bond donors (Lipinski definition) is 2. The Bertz CT molecular complexity index is 976. The largest absolute Gasteiger partial charge is 0.366 e. The molecule has 0 saturated heterocycles. The number of nitrogens with one attached hydrogen (secondary N) is 1. The third-order valence-electron chi connectivity index (χ3n) is 3.84. The Labute approximate surface area is 154 Å². The van der Waals surface area contributed by atoms with Crippen molar-refractivity contribution in [2.45, 2.75) is 6.92 Å². The molecule has 0 fully saturated rings. The molecule has 26 heavy (non-hydrogen) atoms. The monoisotopic (exact) mass is 364 g/mol. The summed E-state index contributed by atoms with van der Waals surface area (Å²) in [5.41, 5.74) is 7.57. The van der Waals surface area contributed by atoms with Gasteiger partial charge in [-0.2, -0.15) is 0 Å². The number of thiophene rings is 1. The lowest BCUT2D eigenvalue weighted by atomic mass is 10.1. The van der Waals surface area contributed by atoms with Crippen molar-refractivity contribution in [1.29, 1.82) is 0 Å². The van der Waals surface area contributed by atoms with E-state index < -0.39 is 5.91 Å². The standard InChI is InChI=1S/C20H16N2O3S/c1-12(23)13-7-9-15(10-8-13)19(25)22-20-16(18(21)24)11-17(26-20)14-5-3-2-4-6-14/h2-11H,1H3,(H2,21,24)(H,22,25). The zero-order valence-corrected chi connectivity index (χ0v) is 14.8. The summed E-state index contributed by atoms with van der Waals surface area (Å²) in [7, 11) is 0. The molecule has 2 aromatic carbocycles. The molecule has 0 radical (unpaired) electrons. The summed E-state index contributed by atoms with van der Waals surface area (Å²) in [6.07, 6.45) is 0. The van der Waals surface area contributed by atoms with Crippen molar-refractivity contribution >= 4 is 33.9 Å². The zero-order valence-electron chi connectivity index (χ0n) is 14.0. The van der Waals surface area contributed by atoms with Crippen LogP contribution in [0, 0.1) is 0 Å². The number of benzene rings is 2. The summed E-state index contributed by atoms with van der Waals surface area (Å²) in [5, 5.41) is 3.14. The number of primary amides is 1. The van der Waals surface area contributed by atoms with Crippen LogP contribution in [0.3, 0.4) is 0 Å². The number of ketones is 1. The van der Waals surface area contributed by atoms with E-state index in [0.717, 1.165) is 10.4 Å². The van der Waals surface area contributed by atoms with Crippen LogP contribution in [0.1, 0.15) is 38.0 Å². The van der Waals surface area contributed by atoms with Crippen LogP contribution >= 0.6 is 11.3 Å². The topological polar surface area (TPSA) is 89.3 Å². The highest BCUT2D eigenvalue weighted by Crippen LogP contribution is 2.35. The number of carbonyl (C=O) groups is 3. The molecule has 0 atom stereocenters. The second-order valence-electron chi connectivity index (χ2n) is 5.67. The van der Waals surface area contributed by atoms with E-state index in [1.165, 1.54) is 18.3 Å². The molecule has 6 heteroatoms. The molecule has 3 aromatic rings. The molecular formula is C20H16N2O3S. The Morgan fingerprint density at radius 2 is 1.54 bits per heavy atom. The molecule has 0 saturated carbocycles. The second kappa shape index (κ2) is 7.33. The summed E-state index contributed by atoms with van der Waals surface area (Å²) in [4.78, 5) is 36.4. The Morgan fingerprint density at radius 3 is 2.12 bits per heavy atom. The molecule has 130 valence electrons. The molecule has 1 aromatic heterocycles. The number of carbonyl (C=O) groups excluding carboxylic acids is 3. The maximum Gasteiger partial charge on any atom is 0.256 e. The Kier molecular flexibility index (Phi) is 4.95. The van der Waals surface area contributed by atoms with Gasteiger partial charge in [-0.05, 0) is 30.7 Å². The maximum absolute atomic E-state index is 12.5. The Hall–Kier alpha value is -3.25. The lowest BCUT2D eigenvalue weighted by Crippen LogP contribution is -2.16. The number of nitrogens with two attached hydrogens (primary N) is 1. The number of rotatable bonds is 5. The van der Waals surface area contributed by atoms with Gasteiger partial charge in [-0.1, -0.05) is 42.5 Å². The summed E-state index contributed by atoms with van der Waals surface area (Å²) in [6.45, 7) is 1.46. The average molecular weight is 364 g/mol. The highest BCUT2D eigenvalue weighted by Gasteiger charge is 2.17. The molecule has 3 rings (SSSR count). The highest BCUT2D eigenvalue weighted by molar-refractivity contribution is 7.20. The van der Waals surface area contributed by atoms with E-state index in [1.54, 1.807) is 30.3 Å². The Balaban J connectivity index is 1.88. The van der Waals surface area contributed by atoms with E-state index in [2.05, 4.69) is 5.32 Å². The van der Waals surface area contributed by atoms with Crippen LogP contribution in [0.25, 0.3) is 10.4 Å². The molecule has 0 unspecified atom stereocenters. The van der Waals surface area contributed by atoms with Gasteiger partial charge < -0.3 is 11.1 Å². The summed E-state index contributed by atoms with van der Waals surface area (Å²) >= 11 is 1.29. The van der Waals surface area contributed by atoms with Crippen LogP contribution in [-0.4, -0.2) is 17.6 Å². The van der Waals surface area contributed by atoms with E-state index in [4.69, 9.17) is 5.73 Å². The fourth-order valence-corrected chi connectivity index (χ4v) is 3.51. The van der Waals surface area contributed by atoms with E-state index >= 15 is 0 Å². The van der Waals surface area contributed by atoms with Crippen molar-refractivity contribution < 1.29 is 14.4 Å². The van der Waals surface area contributed by atoms with Gasteiger partial charge in [-0.25, -0.2) is 0 Å². The molecule has 0 aliphatic carbocycles. The molecule has 0 aliphatic heterocycles. The molecule has 0 aliphatic rings. The first-order valence-corrected chi connectivity index (χ1v) is 8.69. The number of anilines is 1. The van der Waals surface area contributed by atoms with Crippen LogP contribution in [0.2, 0.25) is 0 Å². The summed E-state index contributed by atoms with van der Waals surface area (Å²) < 4.78 is 0. The van der Waals surface area contributed by atoms with Gasteiger partial charge in [0.25, 0.3) is 11.8 Å². The van der Waals surface area contributed by atoms with Gasteiger partial charge in [0.05, 0.1) is 5.56 Å². The molecular weight excluding hydrogens is 348 g/mol. The number of Topliss-reactive ketones (excluding diaryl/α,β-unsaturated/α-hetero) is 1. The fraction of sp³-hybridized carbons (Fsp3) is 0.0500. The molecule has 1 heterocycles. The first kappa shape index (κ1) is 17.6. The van der Waals surface area contributed by atoms with E-state index in [9.17, 15) is 14.4 Å². The fourth-order valence-electron chi connectivity index (χ4n) is 2.44. The van der Waals surface area contributed by atoms with Gasteiger partial charge >= 0.3 is 0 Å². The minimum atomic E-state index is -0.606. The minimum Gasteiger partial charge on any atom is -0.366 e. The molecule has 0 bridgehead atoms. The van der Waals surface area contributed by atoms with E-state index in [0.29, 0.717) is 16.1 Å². The van der Waals surface area contributed by atoms with E-state index in [1.807, 2.05) is 30.3 Å². The van der Waals surface area contributed by atoms with Gasteiger partial charge in [-0.15, -0.1) is 11.3 Å². The van der Waals surface area contributed by atoms with Crippen LogP contribution < -0.4 is 11.1 Å². The number of hydrogen-bond acceptors (Lipinski definition) is 4. The van der Waals surface area contributed by atoms with Gasteiger partial charge in [0.2, 0.25) is 0 Å². The molecule has 0 spiro atoms. The lowest BCUT2D eigenvalue weighted by molar-refractivity contribution is 0.0996. The van der Waals surface area contributed by atoms with Gasteiger partial charge in [-0.3, -0.25) is 14.4 Å². The lowest BCUT2D eigenvalue weighted by Gasteiger charge is -2.05. The second-order valence-corrected chi connectivity index (χ2v) is 6.72. The summed E-state index contributed by atoms with van der Waals surface area (Å²) in [6, 6.07) is 17.5. The van der Waals surface area contributed by atoms with E-state index in [-0.39, 0.29) is 17.3 Å². The van der Waals surface area contributed by atoms with Crippen molar-refractivity contribution in [3.8, 4) is 10.4 Å². The summed E-state index contributed by atoms with van der Waals surface area (Å²) in [5.74, 6) is -1.05. The third-order valence-corrected chi connectivity index (χ3v) is 4.94. The molecule has 5 nitrogen and oxygen atoms in total. The van der Waals surface area contributed by atoms with Gasteiger partial charge in [0, 0.05) is 16.0 Å². The molecule has 3 N–H and O–H groups in total. The minimum absolute atomic E-state index is 0.0706. The van der Waals surface area contributed by atoms with Crippen molar-refractivity contribution in [1.82, 2.24) is 0 Å². The van der Waals surface area contributed by atoms with Gasteiger partial charge in [0.1, 0.15) is 5.00 Å². The SMILES string of the molecule is CC(=O)c1ccc(C(=O)Nc2sc(-c3ccccc3)cc2C(N)=O)cc1. The first-order valence-electron chi connectivity index (χ1n) is 7.87. The van der Waals surface area contributed by atoms with Crippen molar-refractivity contribution in [2.24, 2.45) is 5.73 Å². The first-order chi connectivity index (χ1) is 12.5.